The lowest BCUT2D eigenvalue weighted by atomic mass is 9.80. The van der Waals surface area contributed by atoms with E-state index in [9.17, 15) is 4.21 Å². The highest BCUT2D eigenvalue weighted by Crippen LogP contribution is 2.34. The predicted octanol–water partition coefficient (Wildman–Crippen LogP) is 3.86. The highest BCUT2D eigenvalue weighted by Gasteiger charge is 2.37. The lowest BCUT2D eigenvalue weighted by Gasteiger charge is -2.39. The summed E-state index contributed by atoms with van der Waals surface area (Å²) in [6.45, 7) is 7.57. The largest absolute Gasteiger partial charge is 0.313 e. The smallest absolute Gasteiger partial charge is 0.0579 e. The molecule has 0 amide bonds. The zero-order chi connectivity index (χ0) is 14.7. The minimum atomic E-state index is -0.976. The second-order valence-electron chi connectivity index (χ2n) is 5.93. The van der Waals surface area contributed by atoms with Gasteiger partial charge in [0.15, 0.2) is 0 Å². The number of halogens is 1. The summed E-state index contributed by atoms with van der Waals surface area (Å²) in [6.07, 6.45) is 2.27. The summed E-state index contributed by atoms with van der Waals surface area (Å²) < 4.78 is 12.9. The van der Waals surface area contributed by atoms with E-state index in [1.165, 1.54) is 0 Å². The molecule has 1 aromatic rings. The Bertz CT molecular complexity index is 462. The fraction of sp³-hybridized carbons (Fsp3) is 0.625. The van der Waals surface area contributed by atoms with Gasteiger partial charge in [-0.15, -0.1) is 0 Å². The Morgan fingerprint density at radius 3 is 2.50 bits per heavy atom. The van der Waals surface area contributed by atoms with E-state index in [-0.39, 0.29) is 5.25 Å². The van der Waals surface area contributed by atoms with E-state index in [0.29, 0.717) is 22.9 Å². The summed E-state index contributed by atoms with van der Waals surface area (Å²) in [4.78, 5) is 0.892. The van der Waals surface area contributed by atoms with Crippen LogP contribution in [0, 0.1) is 11.8 Å². The van der Waals surface area contributed by atoms with Gasteiger partial charge in [0.25, 0.3) is 0 Å². The Kier molecular flexibility index (Phi) is 5.65. The Labute approximate surface area is 129 Å². The number of benzene rings is 1. The van der Waals surface area contributed by atoms with Crippen molar-refractivity contribution < 1.29 is 4.21 Å². The van der Waals surface area contributed by atoms with Crippen LogP contribution in [0.4, 0.5) is 0 Å². The van der Waals surface area contributed by atoms with Gasteiger partial charge in [-0.2, -0.15) is 0 Å². The van der Waals surface area contributed by atoms with E-state index in [0.717, 1.165) is 24.3 Å². The van der Waals surface area contributed by atoms with Crippen LogP contribution in [0.25, 0.3) is 0 Å². The Balaban J connectivity index is 2.22. The molecule has 1 N–H and O–H groups in total. The summed E-state index contributed by atoms with van der Waals surface area (Å²) in [5.74, 6) is 1.17. The van der Waals surface area contributed by atoms with Crippen molar-refractivity contribution in [2.24, 2.45) is 11.8 Å². The van der Waals surface area contributed by atoms with Gasteiger partial charge in [0.1, 0.15) is 0 Å². The van der Waals surface area contributed by atoms with Gasteiger partial charge in [0.2, 0.25) is 0 Å². The highest BCUT2D eigenvalue weighted by molar-refractivity contribution is 7.85. The van der Waals surface area contributed by atoms with Crippen molar-refractivity contribution in [2.45, 2.75) is 49.8 Å². The van der Waals surface area contributed by atoms with E-state index in [1.54, 1.807) is 0 Å². The topological polar surface area (TPSA) is 29.1 Å². The maximum absolute atomic E-state index is 12.9. The first kappa shape index (κ1) is 16.0. The minimum absolute atomic E-state index is 0.187. The van der Waals surface area contributed by atoms with Crippen LogP contribution in [-0.4, -0.2) is 22.0 Å². The summed E-state index contributed by atoms with van der Waals surface area (Å²) in [5.41, 5.74) is 0. The van der Waals surface area contributed by atoms with E-state index >= 15 is 0 Å². The first-order chi connectivity index (χ1) is 9.52. The molecule has 1 fully saturated rings. The molecule has 20 heavy (non-hydrogen) atoms. The van der Waals surface area contributed by atoms with Crippen molar-refractivity contribution in [1.82, 2.24) is 5.32 Å². The molecular weight excluding hydrogens is 290 g/mol. The summed E-state index contributed by atoms with van der Waals surface area (Å²) in [5, 5.41) is 4.42. The van der Waals surface area contributed by atoms with Gasteiger partial charge in [-0.05, 0) is 55.5 Å². The lowest BCUT2D eigenvalue weighted by Crippen LogP contribution is -2.50. The normalized spacial score (nSPS) is 32.0. The van der Waals surface area contributed by atoms with Crippen molar-refractivity contribution in [3.05, 3.63) is 29.3 Å². The van der Waals surface area contributed by atoms with Gasteiger partial charge < -0.3 is 5.32 Å². The molecule has 0 radical (unpaired) electrons. The first-order valence-corrected chi connectivity index (χ1v) is 9.01. The Morgan fingerprint density at radius 1 is 1.25 bits per heavy atom. The average molecular weight is 314 g/mol. The van der Waals surface area contributed by atoms with E-state index in [1.807, 2.05) is 24.3 Å². The molecule has 0 spiro atoms. The van der Waals surface area contributed by atoms with E-state index in [4.69, 9.17) is 11.6 Å². The van der Waals surface area contributed by atoms with Crippen LogP contribution in [-0.2, 0) is 10.8 Å². The zero-order valence-corrected chi connectivity index (χ0v) is 14.0. The lowest BCUT2D eigenvalue weighted by molar-refractivity contribution is 0.248. The zero-order valence-electron chi connectivity index (χ0n) is 12.4. The molecule has 5 unspecified atom stereocenters. The van der Waals surface area contributed by atoms with Gasteiger partial charge >= 0.3 is 0 Å². The molecule has 0 saturated heterocycles. The van der Waals surface area contributed by atoms with Crippen LogP contribution < -0.4 is 5.32 Å². The third-order valence-electron chi connectivity index (χ3n) is 4.15. The number of hydrogen-bond acceptors (Lipinski definition) is 2. The maximum atomic E-state index is 12.9. The van der Waals surface area contributed by atoms with Crippen LogP contribution in [0.5, 0.6) is 0 Å². The summed E-state index contributed by atoms with van der Waals surface area (Å²) in [6, 6.07) is 7.79. The highest BCUT2D eigenvalue weighted by atomic mass is 35.5. The molecule has 112 valence electrons. The molecule has 1 aliphatic rings. The van der Waals surface area contributed by atoms with Crippen LogP contribution in [0.3, 0.4) is 0 Å². The van der Waals surface area contributed by atoms with Crippen LogP contribution in [0.1, 0.15) is 33.6 Å². The molecule has 0 aromatic heterocycles. The minimum Gasteiger partial charge on any atom is -0.313 e. The molecule has 4 heteroatoms. The van der Waals surface area contributed by atoms with E-state index in [2.05, 4.69) is 26.1 Å². The number of nitrogens with one attached hydrogen (secondary N) is 1. The first-order valence-electron chi connectivity index (χ1n) is 7.42. The van der Waals surface area contributed by atoms with Gasteiger partial charge in [0.05, 0.1) is 16.0 Å². The molecular formula is C16H24ClNOS. The second kappa shape index (κ2) is 7.06. The van der Waals surface area contributed by atoms with Crippen LogP contribution in [0.2, 0.25) is 5.02 Å². The van der Waals surface area contributed by atoms with Crippen molar-refractivity contribution >= 4 is 22.4 Å². The number of hydrogen-bond donors (Lipinski definition) is 1. The Morgan fingerprint density at radius 2 is 1.90 bits per heavy atom. The molecule has 2 nitrogen and oxygen atoms in total. The van der Waals surface area contributed by atoms with Crippen molar-refractivity contribution in [1.29, 1.82) is 0 Å². The second-order valence-corrected chi connectivity index (χ2v) is 7.98. The van der Waals surface area contributed by atoms with Crippen molar-refractivity contribution in [3.8, 4) is 0 Å². The van der Waals surface area contributed by atoms with Crippen LogP contribution >= 0.6 is 11.6 Å². The quantitative estimate of drug-likeness (QED) is 0.914. The molecule has 0 bridgehead atoms. The maximum Gasteiger partial charge on any atom is 0.0579 e. The summed E-state index contributed by atoms with van der Waals surface area (Å²) in [7, 11) is -0.976. The standard InChI is InChI=1S/C16H24ClNOS/c1-4-18-15-10-11(2)9-12(3)16(15)20(19)14-7-5-13(17)6-8-14/h5-8,11-12,15-16,18H,4,9-10H2,1-3H3. The molecule has 2 rings (SSSR count). The fourth-order valence-electron chi connectivity index (χ4n) is 3.38. The SMILES string of the molecule is CCNC1CC(C)CC(C)C1S(=O)c1ccc(Cl)cc1. The van der Waals surface area contributed by atoms with Crippen molar-refractivity contribution in [2.75, 3.05) is 6.54 Å². The molecule has 1 aromatic carbocycles. The third kappa shape index (κ3) is 3.63. The van der Waals surface area contributed by atoms with Crippen LogP contribution in [0.15, 0.2) is 29.2 Å². The fourth-order valence-corrected chi connectivity index (χ4v) is 5.26. The molecule has 0 aliphatic heterocycles. The number of rotatable bonds is 4. The molecule has 5 atom stereocenters. The molecule has 1 aliphatic carbocycles. The van der Waals surface area contributed by atoms with Crippen molar-refractivity contribution in [3.63, 3.8) is 0 Å². The molecule has 0 heterocycles. The van der Waals surface area contributed by atoms with E-state index < -0.39 is 10.8 Å². The monoisotopic (exact) mass is 313 g/mol. The van der Waals surface area contributed by atoms with Gasteiger partial charge in [-0.1, -0.05) is 32.4 Å². The molecule has 1 saturated carbocycles. The van der Waals surface area contributed by atoms with Gasteiger partial charge in [-0.25, -0.2) is 0 Å². The Hall–Kier alpha value is -0.380. The average Bonchev–Trinajstić information content (AvgIpc) is 2.38. The summed E-state index contributed by atoms with van der Waals surface area (Å²) >= 11 is 5.92. The third-order valence-corrected chi connectivity index (χ3v) is 6.42. The predicted molar refractivity (Wildman–Crippen MR) is 86.7 cm³/mol. The van der Waals surface area contributed by atoms with Gasteiger partial charge in [-0.3, -0.25) is 4.21 Å². The van der Waals surface area contributed by atoms with Gasteiger partial charge in [0, 0.05) is 16.0 Å².